The second-order valence-corrected chi connectivity index (χ2v) is 2.66. The van der Waals surface area contributed by atoms with E-state index in [0.29, 0.717) is 18.4 Å². The maximum Gasteiger partial charge on any atom is 0.194 e. The van der Waals surface area contributed by atoms with Crippen LogP contribution < -0.4 is 0 Å². The summed E-state index contributed by atoms with van der Waals surface area (Å²) in [5.74, 6) is -0.847. The van der Waals surface area contributed by atoms with Crippen LogP contribution in [0.2, 0.25) is 0 Å². The molecule has 60 valence electrons. The molecule has 0 aliphatic heterocycles. The zero-order valence-corrected chi connectivity index (χ0v) is 6.39. The summed E-state index contributed by atoms with van der Waals surface area (Å²) in [5, 5.41) is 9.11. The molecule has 0 aromatic heterocycles. The Hall–Kier alpha value is -1.12. The molecule has 1 N–H and O–H groups in total. The van der Waals surface area contributed by atoms with E-state index in [2.05, 4.69) is 0 Å². The Labute approximate surface area is 64.7 Å². The Morgan fingerprint density at radius 2 is 2.09 bits per heavy atom. The third-order valence-corrected chi connectivity index (χ3v) is 1.79. The quantitative estimate of drug-likeness (QED) is 0.455. The van der Waals surface area contributed by atoms with E-state index in [1.807, 2.05) is 0 Å². The molecule has 0 unspecified atom stereocenters. The number of aliphatic hydroxyl groups excluding tert-OH is 1. The number of hydrogen-bond donors (Lipinski definition) is 1. The molecule has 3 heteroatoms. The molecule has 1 aliphatic carbocycles. The van der Waals surface area contributed by atoms with E-state index in [-0.39, 0.29) is 11.5 Å². The molecule has 0 radical (unpaired) electrons. The van der Waals surface area contributed by atoms with Gasteiger partial charge in [0.05, 0.1) is 0 Å². The minimum Gasteiger partial charge on any atom is -0.504 e. The van der Waals surface area contributed by atoms with Crippen molar-refractivity contribution in [3.8, 4) is 0 Å². The van der Waals surface area contributed by atoms with Crippen molar-refractivity contribution in [2.75, 3.05) is 0 Å². The zero-order valence-electron chi connectivity index (χ0n) is 6.39. The molecule has 1 fully saturated rings. The molecule has 0 atom stereocenters. The van der Waals surface area contributed by atoms with Crippen LogP contribution in [-0.4, -0.2) is 16.7 Å². The van der Waals surface area contributed by atoms with Crippen molar-refractivity contribution >= 4 is 11.6 Å². The van der Waals surface area contributed by atoms with E-state index in [1.165, 1.54) is 6.92 Å². The van der Waals surface area contributed by atoms with Crippen LogP contribution in [-0.2, 0) is 9.59 Å². The Balaban J connectivity index is 2.94. The summed E-state index contributed by atoms with van der Waals surface area (Å²) in [6.45, 7) is 1.26. The normalized spacial score (nSPS) is 22.1. The van der Waals surface area contributed by atoms with Crippen LogP contribution in [0.3, 0.4) is 0 Å². The van der Waals surface area contributed by atoms with Gasteiger partial charge in [0.1, 0.15) is 0 Å². The van der Waals surface area contributed by atoms with Crippen molar-refractivity contribution in [3.05, 3.63) is 11.3 Å². The first-order valence-electron chi connectivity index (χ1n) is 3.59. The molecule has 0 spiro atoms. The lowest BCUT2D eigenvalue weighted by Gasteiger charge is -1.96. The topological polar surface area (TPSA) is 54.4 Å². The van der Waals surface area contributed by atoms with Crippen LogP contribution in [0.4, 0.5) is 0 Å². The van der Waals surface area contributed by atoms with Crippen molar-refractivity contribution in [2.45, 2.75) is 26.2 Å². The van der Waals surface area contributed by atoms with Crippen LogP contribution in [0.15, 0.2) is 11.3 Å². The standard InChI is InChI=1S/C8H10O3/c1-5(9)8(11)6-3-2-4-7(6)10/h11H,2-4H2,1H3/b8-6-. The molecular weight excluding hydrogens is 144 g/mol. The third kappa shape index (κ3) is 1.48. The van der Waals surface area contributed by atoms with Gasteiger partial charge in [0.15, 0.2) is 17.3 Å². The summed E-state index contributed by atoms with van der Waals surface area (Å²) in [5.41, 5.74) is 0.317. The van der Waals surface area contributed by atoms with Gasteiger partial charge < -0.3 is 5.11 Å². The average Bonchev–Trinajstić information content (AvgIpc) is 2.33. The van der Waals surface area contributed by atoms with Crippen LogP contribution in [0, 0.1) is 0 Å². The second-order valence-electron chi connectivity index (χ2n) is 2.66. The maximum atomic E-state index is 11.0. The summed E-state index contributed by atoms with van der Waals surface area (Å²) >= 11 is 0. The van der Waals surface area contributed by atoms with Crippen LogP contribution >= 0.6 is 0 Å². The predicted molar refractivity (Wildman–Crippen MR) is 39.2 cm³/mol. The lowest BCUT2D eigenvalue weighted by molar-refractivity contribution is -0.118. The number of aliphatic hydroxyl groups is 1. The molecule has 1 rings (SSSR count). The maximum absolute atomic E-state index is 11.0. The predicted octanol–water partition coefficient (Wildman–Crippen LogP) is 1.14. The Morgan fingerprint density at radius 1 is 1.45 bits per heavy atom. The van der Waals surface area contributed by atoms with Crippen LogP contribution in [0.1, 0.15) is 26.2 Å². The van der Waals surface area contributed by atoms with Crippen molar-refractivity contribution < 1.29 is 14.7 Å². The highest BCUT2D eigenvalue weighted by Gasteiger charge is 2.22. The lowest BCUT2D eigenvalue weighted by atomic mass is 10.1. The van der Waals surface area contributed by atoms with E-state index >= 15 is 0 Å². The number of carbonyl (C=O) groups excluding carboxylic acids is 2. The molecular formula is C8H10O3. The van der Waals surface area contributed by atoms with E-state index in [0.717, 1.165) is 6.42 Å². The smallest absolute Gasteiger partial charge is 0.194 e. The molecule has 1 saturated carbocycles. The fourth-order valence-electron chi connectivity index (χ4n) is 1.18. The van der Waals surface area contributed by atoms with Gasteiger partial charge >= 0.3 is 0 Å². The molecule has 0 aromatic carbocycles. The SMILES string of the molecule is CC(=O)/C(O)=C1\CCCC1=O. The molecule has 0 amide bonds. The van der Waals surface area contributed by atoms with Crippen LogP contribution in [0.5, 0.6) is 0 Å². The number of carbonyl (C=O) groups is 2. The van der Waals surface area contributed by atoms with E-state index in [1.54, 1.807) is 0 Å². The summed E-state index contributed by atoms with van der Waals surface area (Å²) < 4.78 is 0. The van der Waals surface area contributed by atoms with Gasteiger partial charge in [-0.15, -0.1) is 0 Å². The van der Waals surface area contributed by atoms with Crippen molar-refractivity contribution in [2.24, 2.45) is 0 Å². The van der Waals surface area contributed by atoms with E-state index in [9.17, 15) is 9.59 Å². The monoisotopic (exact) mass is 154 g/mol. The highest BCUT2D eigenvalue weighted by molar-refractivity contribution is 6.05. The van der Waals surface area contributed by atoms with Gasteiger partial charge in [-0.05, 0) is 12.8 Å². The largest absolute Gasteiger partial charge is 0.504 e. The van der Waals surface area contributed by atoms with Crippen LogP contribution in [0.25, 0.3) is 0 Å². The molecule has 0 saturated heterocycles. The zero-order chi connectivity index (χ0) is 8.43. The fraction of sp³-hybridized carbons (Fsp3) is 0.500. The van der Waals surface area contributed by atoms with Gasteiger partial charge in [-0.1, -0.05) is 0 Å². The molecule has 1 aliphatic rings. The van der Waals surface area contributed by atoms with Gasteiger partial charge in [-0.3, -0.25) is 9.59 Å². The Morgan fingerprint density at radius 3 is 2.45 bits per heavy atom. The number of hydrogen-bond acceptors (Lipinski definition) is 3. The van der Waals surface area contributed by atoms with E-state index in [4.69, 9.17) is 5.11 Å². The molecule has 0 heterocycles. The first-order chi connectivity index (χ1) is 5.13. The highest BCUT2D eigenvalue weighted by atomic mass is 16.3. The average molecular weight is 154 g/mol. The minimum absolute atomic E-state index is 0.0855. The lowest BCUT2D eigenvalue weighted by Crippen LogP contribution is -2.04. The van der Waals surface area contributed by atoms with Crippen molar-refractivity contribution in [3.63, 3.8) is 0 Å². The summed E-state index contributed by atoms with van der Waals surface area (Å²) in [6.07, 6.45) is 1.77. The molecule has 0 bridgehead atoms. The Kier molecular flexibility index (Phi) is 2.08. The number of Topliss-reactive ketones (excluding diaryl/α,β-unsaturated/α-hetero) is 2. The second kappa shape index (κ2) is 2.86. The van der Waals surface area contributed by atoms with E-state index < -0.39 is 5.78 Å². The minimum atomic E-state index is -0.421. The van der Waals surface area contributed by atoms with Crippen molar-refractivity contribution in [1.82, 2.24) is 0 Å². The summed E-state index contributed by atoms with van der Waals surface area (Å²) in [4.78, 5) is 21.6. The molecule has 3 nitrogen and oxygen atoms in total. The van der Waals surface area contributed by atoms with Crippen molar-refractivity contribution in [1.29, 1.82) is 0 Å². The fourth-order valence-corrected chi connectivity index (χ4v) is 1.18. The third-order valence-electron chi connectivity index (χ3n) is 1.79. The first kappa shape index (κ1) is 7.98. The Bertz CT molecular complexity index is 238. The summed E-state index contributed by atoms with van der Waals surface area (Å²) in [6, 6.07) is 0. The van der Waals surface area contributed by atoms with Gasteiger partial charge in [-0.2, -0.15) is 0 Å². The number of ketones is 2. The number of rotatable bonds is 1. The highest BCUT2D eigenvalue weighted by Crippen LogP contribution is 2.22. The van der Waals surface area contributed by atoms with Gasteiger partial charge in [0.25, 0.3) is 0 Å². The summed E-state index contributed by atoms with van der Waals surface area (Å²) in [7, 11) is 0. The van der Waals surface area contributed by atoms with Gasteiger partial charge in [-0.25, -0.2) is 0 Å². The number of allylic oxidation sites excluding steroid dienone is 2. The molecule has 0 aromatic rings. The first-order valence-corrected chi connectivity index (χ1v) is 3.59. The van der Waals surface area contributed by atoms with Gasteiger partial charge in [0, 0.05) is 18.9 Å². The van der Waals surface area contributed by atoms with Gasteiger partial charge in [0.2, 0.25) is 0 Å². The molecule has 11 heavy (non-hydrogen) atoms.